The van der Waals surface area contributed by atoms with E-state index in [9.17, 15) is 4.79 Å². The molecule has 0 N–H and O–H groups in total. The fraction of sp³-hybridized carbons (Fsp3) is 0.333. The SMILES string of the molecule is O=c1c2ccncc2ncn1Cc1csc(C2CCCO2)n1. The van der Waals surface area contributed by atoms with Crippen molar-refractivity contribution in [2.45, 2.75) is 25.5 Å². The van der Waals surface area contributed by atoms with Crippen LogP contribution in [0.2, 0.25) is 0 Å². The lowest BCUT2D eigenvalue weighted by Crippen LogP contribution is -2.21. The molecule has 0 saturated carbocycles. The van der Waals surface area contributed by atoms with Crippen molar-refractivity contribution in [1.29, 1.82) is 0 Å². The molecule has 1 aliphatic rings. The minimum Gasteiger partial charge on any atom is -0.371 e. The third-order valence-corrected chi connectivity index (χ3v) is 4.72. The molecule has 0 spiro atoms. The first kappa shape index (κ1) is 13.5. The van der Waals surface area contributed by atoms with Crippen LogP contribution in [-0.4, -0.2) is 26.1 Å². The average molecular weight is 314 g/mol. The molecule has 0 radical (unpaired) electrons. The smallest absolute Gasteiger partial charge is 0.261 e. The second-order valence-electron chi connectivity index (χ2n) is 5.25. The lowest BCUT2D eigenvalue weighted by molar-refractivity contribution is 0.111. The van der Waals surface area contributed by atoms with Crippen LogP contribution in [0.3, 0.4) is 0 Å². The van der Waals surface area contributed by atoms with E-state index >= 15 is 0 Å². The quantitative estimate of drug-likeness (QED) is 0.741. The van der Waals surface area contributed by atoms with Gasteiger partial charge in [-0.15, -0.1) is 11.3 Å². The molecule has 1 fully saturated rings. The van der Waals surface area contributed by atoms with Gasteiger partial charge in [-0.1, -0.05) is 0 Å². The molecule has 22 heavy (non-hydrogen) atoms. The Morgan fingerprint density at radius 1 is 1.45 bits per heavy atom. The standard InChI is InChI=1S/C15H14N4O2S/c20-15-11-3-4-16-6-12(11)17-9-19(15)7-10-8-22-14(18-10)13-2-1-5-21-13/h3-4,6,8-9,13H,1-2,5,7H2. The van der Waals surface area contributed by atoms with E-state index < -0.39 is 0 Å². The Morgan fingerprint density at radius 2 is 2.41 bits per heavy atom. The summed E-state index contributed by atoms with van der Waals surface area (Å²) in [7, 11) is 0. The summed E-state index contributed by atoms with van der Waals surface area (Å²) in [6.45, 7) is 1.23. The van der Waals surface area contributed by atoms with Crippen molar-refractivity contribution in [3.63, 3.8) is 0 Å². The maximum Gasteiger partial charge on any atom is 0.261 e. The van der Waals surface area contributed by atoms with Gasteiger partial charge >= 0.3 is 0 Å². The van der Waals surface area contributed by atoms with Crippen molar-refractivity contribution in [2.24, 2.45) is 0 Å². The molecule has 6 nitrogen and oxygen atoms in total. The molecule has 7 heteroatoms. The van der Waals surface area contributed by atoms with E-state index in [1.807, 2.05) is 5.38 Å². The Labute approximate surface area is 130 Å². The number of thiazole rings is 1. The normalized spacial score (nSPS) is 18.1. The van der Waals surface area contributed by atoms with E-state index in [4.69, 9.17) is 4.74 Å². The summed E-state index contributed by atoms with van der Waals surface area (Å²) in [5.74, 6) is 0. The van der Waals surface area contributed by atoms with Gasteiger partial charge in [0.25, 0.3) is 5.56 Å². The van der Waals surface area contributed by atoms with Gasteiger partial charge in [0, 0.05) is 18.2 Å². The fourth-order valence-corrected chi connectivity index (χ4v) is 3.50. The first-order valence-corrected chi connectivity index (χ1v) is 8.04. The van der Waals surface area contributed by atoms with Crippen LogP contribution in [0, 0.1) is 0 Å². The lowest BCUT2D eigenvalue weighted by Gasteiger charge is -2.05. The van der Waals surface area contributed by atoms with Crippen molar-refractivity contribution < 1.29 is 4.74 Å². The zero-order valence-electron chi connectivity index (χ0n) is 11.8. The van der Waals surface area contributed by atoms with Gasteiger partial charge in [0.15, 0.2) is 0 Å². The largest absolute Gasteiger partial charge is 0.371 e. The molecule has 0 aromatic carbocycles. The minimum absolute atomic E-state index is 0.0703. The molecule has 1 aliphatic heterocycles. The zero-order chi connectivity index (χ0) is 14.9. The average Bonchev–Trinajstić information content (AvgIpc) is 3.21. The Balaban J connectivity index is 1.63. The molecule has 0 bridgehead atoms. The number of aromatic nitrogens is 4. The Kier molecular flexibility index (Phi) is 3.44. The van der Waals surface area contributed by atoms with Crippen LogP contribution in [0.15, 0.2) is 35.0 Å². The van der Waals surface area contributed by atoms with Gasteiger partial charge in [-0.05, 0) is 18.9 Å². The van der Waals surface area contributed by atoms with Crippen LogP contribution in [-0.2, 0) is 11.3 Å². The summed E-state index contributed by atoms with van der Waals surface area (Å²) in [5, 5.41) is 3.56. The zero-order valence-corrected chi connectivity index (χ0v) is 12.6. The van der Waals surface area contributed by atoms with Crippen LogP contribution < -0.4 is 5.56 Å². The van der Waals surface area contributed by atoms with Crippen LogP contribution in [0.25, 0.3) is 10.9 Å². The van der Waals surface area contributed by atoms with Gasteiger partial charge in [0.1, 0.15) is 11.1 Å². The fourth-order valence-electron chi connectivity index (χ4n) is 2.61. The number of fused-ring (bicyclic) bond motifs is 1. The van der Waals surface area contributed by atoms with Gasteiger partial charge in [-0.25, -0.2) is 9.97 Å². The minimum atomic E-state index is -0.0703. The number of ether oxygens (including phenoxy) is 1. The van der Waals surface area contributed by atoms with Gasteiger partial charge in [-0.2, -0.15) is 0 Å². The molecule has 4 rings (SSSR count). The van der Waals surface area contributed by atoms with Crippen molar-refractivity contribution in [2.75, 3.05) is 6.61 Å². The monoisotopic (exact) mass is 314 g/mol. The topological polar surface area (TPSA) is 69.9 Å². The number of nitrogens with zero attached hydrogens (tertiary/aromatic N) is 4. The first-order valence-electron chi connectivity index (χ1n) is 7.16. The molecule has 4 heterocycles. The van der Waals surface area contributed by atoms with Crippen LogP contribution >= 0.6 is 11.3 Å². The molecule has 3 aromatic rings. The van der Waals surface area contributed by atoms with Crippen molar-refractivity contribution in [3.05, 3.63) is 51.2 Å². The Hall–Kier alpha value is -2.12. The number of hydrogen-bond acceptors (Lipinski definition) is 6. The summed E-state index contributed by atoms with van der Waals surface area (Å²) >= 11 is 1.59. The number of pyridine rings is 1. The Bertz CT molecular complexity index is 867. The van der Waals surface area contributed by atoms with E-state index in [0.717, 1.165) is 30.2 Å². The van der Waals surface area contributed by atoms with E-state index in [2.05, 4.69) is 15.0 Å². The maximum atomic E-state index is 12.4. The van der Waals surface area contributed by atoms with E-state index in [0.29, 0.717) is 17.4 Å². The van der Waals surface area contributed by atoms with Crippen LogP contribution in [0.5, 0.6) is 0 Å². The maximum absolute atomic E-state index is 12.4. The van der Waals surface area contributed by atoms with Crippen LogP contribution in [0.1, 0.15) is 29.6 Å². The first-order chi connectivity index (χ1) is 10.8. The molecule has 0 amide bonds. The highest BCUT2D eigenvalue weighted by Crippen LogP contribution is 2.30. The van der Waals surface area contributed by atoms with Crippen molar-refractivity contribution in [1.82, 2.24) is 19.5 Å². The van der Waals surface area contributed by atoms with E-state index in [1.165, 1.54) is 0 Å². The van der Waals surface area contributed by atoms with Crippen molar-refractivity contribution >= 4 is 22.2 Å². The summed E-state index contributed by atoms with van der Waals surface area (Å²) in [4.78, 5) is 25.3. The van der Waals surface area contributed by atoms with Gasteiger partial charge in [0.05, 0.1) is 35.7 Å². The molecule has 0 aliphatic carbocycles. The highest BCUT2D eigenvalue weighted by Gasteiger charge is 2.21. The molecule has 1 saturated heterocycles. The predicted molar refractivity (Wildman–Crippen MR) is 82.9 cm³/mol. The number of hydrogen-bond donors (Lipinski definition) is 0. The van der Waals surface area contributed by atoms with E-state index in [1.54, 1.807) is 40.7 Å². The second-order valence-corrected chi connectivity index (χ2v) is 6.14. The van der Waals surface area contributed by atoms with Crippen molar-refractivity contribution in [3.8, 4) is 0 Å². The van der Waals surface area contributed by atoms with E-state index in [-0.39, 0.29) is 11.7 Å². The highest BCUT2D eigenvalue weighted by molar-refractivity contribution is 7.09. The second kappa shape index (κ2) is 5.58. The predicted octanol–water partition coefficient (Wildman–Crippen LogP) is 2.15. The third-order valence-electron chi connectivity index (χ3n) is 3.73. The molecule has 1 atom stereocenters. The van der Waals surface area contributed by atoms with Gasteiger partial charge in [-0.3, -0.25) is 14.3 Å². The molecule has 112 valence electrons. The Morgan fingerprint density at radius 3 is 3.27 bits per heavy atom. The molecular formula is C15H14N4O2S. The lowest BCUT2D eigenvalue weighted by atomic mass is 10.2. The molecule has 1 unspecified atom stereocenters. The van der Waals surface area contributed by atoms with Crippen LogP contribution in [0.4, 0.5) is 0 Å². The molecule has 3 aromatic heterocycles. The highest BCUT2D eigenvalue weighted by atomic mass is 32.1. The number of rotatable bonds is 3. The van der Waals surface area contributed by atoms with Gasteiger partial charge < -0.3 is 4.74 Å². The summed E-state index contributed by atoms with van der Waals surface area (Å²) in [6.07, 6.45) is 6.99. The summed E-state index contributed by atoms with van der Waals surface area (Å²) < 4.78 is 7.22. The summed E-state index contributed by atoms with van der Waals surface area (Å²) in [6, 6.07) is 1.69. The third kappa shape index (κ3) is 2.42. The summed E-state index contributed by atoms with van der Waals surface area (Å²) in [5.41, 5.74) is 1.41. The molecular weight excluding hydrogens is 300 g/mol. The van der Waals surface area contributed by atoms with Gasteiger partial charge in [0.2, 0.25) is 0 Å².